The molecular formula is C17H26O3. The molecule has 20 heavy (non-hydrogen) atoms. The van der Waals surface area contributed by atoms with E-state index in [-0.39, 0.29) is 12.1 Å². The number of benzene rings is 1. The largest absolute Gasteiger partial charge is 0.489 e. The van der Waals surface area contributed by atoms with Crippen LogP contribution in [0.3, 0.4) is 0 Å². The molecular weight excluding hydrogens is 252 g/mol. The molecule has 0 saturated heterocycles. The lowest BCUT2D eigenvalue weighted by molar-refractivity contribution is -0.149. The maximum atomic E-state index is 11.4. The number of esters is 1. The summed E-state index contributed by atoms with van der Waals surface area (Å²) in [5.41, 5.74) is 1.21. The van der Waals surface area contributed by atoms with E-state index in [2.05, 4.69) is 19.9 Å². The Hall–Kier alpha value is -1.51. The first kappa shape index (κ1) is 16.5. The molecule has 0 unspecified atom stereocenters. The first-order valence-electron chi connectivity index (χ1n) is 7.49. The first-order valence-corrected chi connectivity index (χ1v) is 7.49. The fraction of sp³-hybridized carbons (Fsp3) is 0.588. The van der Waals surface area contributed by atoms with E-state index >= 15 is 0 Å². The van der Waals surface area contributed by atoms with Crippen molar-refractivity contribution in [3.05, 3.63) is 29.8 Å². The predicted octanol–water partition coefficient (Wildman–Crippen LogP) is 4.31. The van der Waals surface area contributed by atoms with Gasteiger partial charge in [0.25, 0.3) is 0 Å². The van der Waals surface area contributed by atoms with Gasteiger partial charge in [-0.25, -0.2) is 0 Å². The number of para-hydroxylation sites is 1. The number of carbonyl (C=O) groups excluding carboxylic acids is 1. The van der Waals surface area contributed by atoms with Gasteiger partial charge >= 0.3 is 5.97 Å². The minimum atomic E-state index is -0.223. The second kappa shape index (κ2) is 8.62. The molecule has 0 aliphatic heterocycles. The zero-order chi connectivity index (χ0) is 15.0. The molecule has 0 radical (unpaired) electrons. The van der Waals surface area contributed by atoms with E-state index in [9.17, 15) is 4.79 Å². The maximum Gasteiger partial charge on any atom is 0.306 e. The normalized spacial score (nSPS) is 13.6. The molecule has 0 spiro atoms. The van der Waals surface area contributed by atoms with Crippen LogP contribution < -0.4 is 4.74 Å². The van der Waals surface area contributed by atoms with Gasteiger partial charge in [-0.05, 0) is 37.3 Å². The van der Waals surface area contributed by atoms with Gasteiger partial charge in [0.2, 0.25) is 0 Å². The third-order valence-electron chi connectivity index (χ3n) is 3.32. The highest BCUT2D eigenvalue weighted by molar-refractivity contribution is 5.69. The molecule has 0 saturated carbocycles. The number of carbonyl (C=O) groups is 1. The lowest BCUT2D eigenvalue weighted by atomic mass is 9.98. The van der Waals surface area contributed by atoms with Gasteiger partial charge < -0.3 is 9.47 Å². The molecule has 1 aromatic carbocycles. The molecule has 3 nitrogen and oxygen atoms in total. The van der Waals surface area contributed by atoms with E-state index < -0.39 is 0 Å². The molecule has 0 N–H and O–H groups in total. The van der Waals surface area contributed by atoms with Crippen molar-refractivity contribution in [1.29, 1.82) is 0 Å². The monoisotopic (exact) mass is 278 g/mol. The Morgan fingerprint density at radius 1 is 1.20 bits per heavy atom. The van der Waals surface area contributed by atoms with Crippen LogP contribution in [0.15, 0.2) is 24.3 Å². The molecule has 0 aliphatic carbocycles. The molecule has 0 fully saturated rings. The van der Waals surface area contributed by atoms with Gasteiger partial charge in [0.1, 0.15) is 18.5 Å². The maximum absolute atomic E-state index is 11.4. The number of rotatable bonds is 8. The van der Waals surface area contributed by atoms with Crippen LogP contribution in [0.4, 0.5) is 0 Å². The van der Waals surface area contributed by atoms with Crippen LogP contribution in [0.1, 0.15) is 58.4 Å². The third kappa shape index (κ3) is 5.24. The zero-order valence-electron chi connectivity index (χ0n) is 13.0. The number of ether oxygens (including phenoxy) is 2. The van der Waals surface area contributed by atoms with Crippen LogP contribution in [0.2, 0.25) is 0 Å². The third-order valence-corrected chi connectivity index (χ3v) is 3.32. The molecule has 112 valence electrons. The summed E-state index contributed by atoms with van der Waals surface area (Å²) < 4.78 is 11.1. The van der Waals surface area contributed by atoms with Crippen molar-refractivity contribution in [2.75, 3.05) is 6.61 Å². The second-order valence-electron chi connectivity index (χ2n) is 5.21. The van der Waals surface area contributed by atoms with E-state index in [0.29, 0.717) is 18.9 Å². The standard InChI is InChI=1S/C17H26O3/c1-5-9-17(18)20-14(4)12-19-16-11-8-7-10-15(16)13(3)6-2/h7-8,10-11,13-14H,5-6,9,12H2,1-4H3/t13-,14+/m1/s1. The fourth-order valence-corrected chi connectivity index (χ4v) is 1.97. The summed E-state index contributed by atoms with van der Waals surface area (Å²) in [4.78, 5) is 11.4. The van der Waals surface area contributed by atoms with Crippen molar-refractivity contribution in [3.8, 4) is 5.75 Å². The van der Waals surface area contributed by atoms with E-state index in [1.165, 1.54) is 5.56 Å². The zero-order valence-corrected chi connectivity index (χ0v) is 13.0. The van der Waals surface area contributed by atoms with Crippen LogP contribution in [0, 0.1) is 0 Å². The van der Waals surface area contributed by atoms with Gasteiger partial charge in [0, 0.05) is 6.42 Å². The van der Waals surface area contributed by atoms with Crippen molar-refractivity contribution in [3.63, 3.8) is 0 Å². The molecule has 1 aromatic rings. The van der Waals surface area contributed by atoms with Gasteiger partial charge in [-0.2, -0.15) is 0 Å². The van der Waals surface area contributed by atoms with Gasteiger partial charge in [-0.1, -0.05) is 39.0 Å². The fourth-order valence-electron chi connectivity index (χ4n) is 1.97. The molecule has 2 atom stereocenters. The summed E-state index contributed by atoms with van der Waals surface area (Å²) >= 11 is 0. The summed E-state index contributed by atoms with van der Waals surface area (Å²) in [5.74, 6) is 1.20. The quantitative estimate of drug-likeness (QED) is 0.665. The lowest BCUT2D eigenvalue weighted by Gasteiger charge is -2.18. The van der Waals surface area contributed by atoms with Crippen molar-refractivity contribution >= 4 is 5.97 Å². The second-order valence-corrected chi connectivity index (χ2v) is 5.21. The van der Waals surface area contributed by atoms with Crippen LogP contribution in [-0.2, 0) is 9.53 Å². The van der Waals surface area contributed by atoms with Crippen molar-refractivity contribution in [2.45, 2.75) is 59.0 Å². The van der Waals surface area contributed by atoms with Gasteiger partial charge in [-0.15, -0.1) is 0 Å². The summed E-state index contributed by atoms with van der Waals surface area (Å²) in [7, 11) is 0. The van der Waals surface area contributed by atoms with Crippen LogP contribution in [0.5, 0.6) is 5.75 Å². The van der Waals surface area contributed by atoms with E-state index in [1.54, 1.807) is 0 Å². The summed E-state index contributed by atoms with van der Waals surface area (Å²) in [6, 6.07) is 8.06. The topological polar surface area (TPSA) is 35.5 Å². The number of hydrogen-bond acceptors (Lipinski definition) is 3. The van der Waals surface area contributed by atoms with E-state index in [4.69, 9.17) is 9.47 Å². The Morgan fingerprint density at radius 3 is 2.55 bits per heavy atom. The molecule has 0 aliphatic rings. The molecule has 0 heterocycles. The average molecular weight is 278 g/mol. The summed E-state index contributed by atoms with van der Waals surface area (Å²) in [6.07, 6.45) is 2.12. The smallest absolute Gasteiger partial charge is 0.306 e. The molecule has 0 aromatic heterocycles. The summed E-state index contributed by atoms with van der Waals surface area (Å²) in [5, 5.41) is 0. The van der Waals surface area contributed by atoms with Crippen LogP contribution in [0.25, 0.3) is 0 Å². The van der Waals surface area contributed by atoms with Gasteiger partial charge in [0.15, 0.2) is 0 Å². The minimum absolute atomic E-state index is 0.154. The number of hydrogen-bond donors (Lipinski definition) is 0. The van der Waals surface area contributed by atoms with E-state index in [0.717, 1.165) is 18.6 Å². The van der Waals surface area contributed by atoms with E-state index in [1.807, 2.05) is 32.0 Å². The van der Waals surface area contributed by atoms with Crippen LogP contribution >= 0.6 is 0 Å². The Bertz CT molecular complexity index is 414. The molecule has 0 amide bonds. The molecule has 1 rings (SSSR count). The molecule has 0 bridgehead atoms. The minimum Gasteiger partial charge on any atom is -0.489 e. The average Bonchev–Trinajstić information content (AvgIpc) is 2.44. The highest BCUT2D eigenvalue weighted by Crippen LogP contribution is 2.28. The van der Waals surface area contributed by atoms with Gasteiger partial charge in [-0.3, -0.25) is 4.79 Å². The Labute approximate surface area is 122 Å². The Kier molecular flexibility index (Phi) is 7.13. The van der Waals surface area contributed by atoms with Crippen molar-refractivity contribution in [2.24, 2.45) is 0 Å². The Morgan fingerprint density at radius 2 is 1.90 bits per heavy atom. The van der Waals surface area contributed by atoms with Crippen molar-refractivity contribution in [1.82, 2.24) is 0 Å². The molecule has 3 heteroatoms. The predicted molar refractivity (Wildman–Crippen MR) is 81.1 cm³/mol. The lowest BCUT2D eigenvalue weighted by Crippen LogP contribution is -2.22. The first-order chi connectivity index (χ1) is 9.58. The van der Waals surface area contributed by atoms with Crippen molar-refractivity contribution < 1.29 is 14.3 Å². The van der Waals surface area contributed by atoms with Gasteiger partial charge in [0.05, 0.1) is 0 Å². The highest BCUT2D eigenvalue weighted by atomic mass is 16.6. The van der Waals surface area contributed by atoms with Crippen LogP contribution in [-0.4, -0.2) is 18.7 Å². The Balaban J connectivity index is 2.55. The SMILES string of the molecule is CCCC(=O)O[C@@H](C)COc1ccccc1[C@H](C)CC. The highest BCUT2D eigenvalue weighted by Gasteiger charge is 2.13. The summed E-state index contributed by atoms with van der Waals surface area (Å²) in [6.45, 7) is 8.57.